The van der Waals surface area contributed by atoms with Gasteiger partial charge in [0.2, 0.25) is 0 Å². The van der Waals surface area contributed by atoms with Crippen LogP contribution < -0.4 is 0 Å². The normalized spacial score (nSPS) is 14.8. The minimum Gasteiger partial charge on any atom is -0.309 e. The smallest absolute Gasteiger partial charge is 0.121 e. The molecule has 0 N–H and O–H groups in total. The molecule has 4 heteroatoms. The van der Waals surface area contributed by atoms with Gasteiger partial charge in [0.25, 0.3) is 0 Å². The highest BCUT2D eigenvalue weighted by atomic mass is 35.5. The second-order valence-electron chi connectivity index (χ2n) is 4.34. The second kappa shape index (κ2) is 5.97. The van der Waals surface area contributed by atoms with E-state index in [9.17, 15) is 4.91 Å². The van der Waals surface area contributed by atoms with E-state index in [4.69, 9.17) is 11.6 Å². The summed E-state index contributed by atoms with van der Waals surface area (Å²) in [5, 5.41) is 3.90. The predicted molar refractivity (Wildman–Crippen MR) is 67.7 cm³/mol. The fraction of sp³-hybridized carbons (Fsp3) is 0.500. The molecule has 0 radical (unpaired) electrons. The largest absolute Gasteiger partial charge is 0.309 e. The SMILES string of the molecule is CC(CN(C)C)C(N=O)c1ccc(Cl)cc1. The van der Waals surface area contributed by atoms with Crippen molar-refractivity contribution >= 4 is 11.6 Å². The Balaban J connectivity index is 2.81. The molecule has 1 aromatic carbocycles. The number of hydrogen-bond acceptors (Lipinski definition) is 3. The summed E-state index contributed by atoms with van der Waals surface area (Å²) < 4.78 is 0. The Hall–Kier alpha value is -0.930. The maximum absolute atomic E-state index is 10.9. The zero-order valence-electron chi connectivity index (χ0n) is 9.85. The van der Waals surface area contributed by atoms with Crippen molar-refractivity contribution in [2.24, 2.45) is 11.1 Å². The predicted octanol–water partition coefficient (Wildman–Crippen LogP) is 3.35. The Morgan fingerprint density at radius 2 is 1.88 bits per heavy atom. The molecule has 0 saturated heterocycles. The summed E-state index contributed by atoms with van der Waals surface area (Å²) in [6, 6.07) is 7.00. The molecule has 0 aliphatic rings. The van der Waals surface area contributed by atoms with Crippen LogP contribution in [0.25, 0.3) is 0 Å². The highest BCUT2D eigenvalue weighted by Gasteiger charge is 2.20. The third-order valence-electron chi connectivity index (χ3n) is 2.52. The molecule has 1 aromatic rings. The summed E-state index contributed by atoms with van der Waals surface area (Å²) in [7, 11) is 3.97. The quantitative estimate of drug-likeness (QED) is 0.740. The van der Waals surface area contributed by atoms with E-state index in [1.54, 1.807) is 12.1 Å². The molecule has 3 nitrogen and oxygen atoms in total. The van der Waals surface area contributed by atoms with Crippen molar-refractivity contribution in [3.63, 3.8) is 0 Å². The van der Waals surface area contributed by atoms with Gasteiger partial charge in [-0.05, 0) is 37.7 Å². The van der Waals surface area contributed by atoms with Crippen LogP contribution in [-0.2, 0) is 0 Å². The maximum Gasteiger partial charge on any atom is 0.121 e. The maximum atomic E-state index is 10.9. The van der Waals surface area contributed by atoms with Crippen LogP contribution in [0, 0.1) is 10.8 Å². The van der Waals surface area contributed by atoms with Crippen LogP contribution in [0.3, 0.4) is 0 Å². The molecule has 0 aliphatic heterocycles. The number of benzene rings is 1. The van der Waals surface area contributed by atoms with Crippen molar-refractivity contribution in [1.29, 1.82) is 0 Å². The van der Waals surface area contributed by atoms with Gasteiger partial charge in [-0.15, -0.1) is 0 Å². The summed E-state index contributed by atoms with van der Waals surface area (Å²) >= 11 is 5.81. The van der Waals surface area contributed by atoms with Crippen LogP contribution in [0.4, 0.5) is 0 Å². The highest BCUT2D eigenvalue weighted by Crippen LogP contribution is 2.27. The Morgan fingerprint density at radius 3 is 2.31 bits per heavy atom. The number of halogens is 1. The van der Waals surface area contributed by atoms with E-state index in [1.807, 2.05) is 33.2 Å². The van der Waals surface area contributed by atoms with Crippen LogP contribution in [0.5, 0.6) is 0 Å². The molecule has 0 fully saturated rings. The van der Waals surface area contributed by atoms with Gasteiger partial charge in [-0.3, -0.25) is 0 Å². The zero-order chi connectivity index (χ0) is 12.1. The van der Waals surface area contributed by atoms with E-state index >= 15 is 0 Å². The summed E-state index contributed by atoms with van der Waals surface area (Å²) in [6.45, 7) is 2.86. The fourth-order valence-corrected chi connectivity index (χ4v) is 1.96. The molecular weight excluding hydrogens is 224 g/mol. The van der Waals surface area contributed by atoms with Gasteiger partial charge in [0.05, 0.1) is 0 Å². The first-order chi connectivity index (χ1) is 7.54. The van der Waals surface area contributed by atoms with Gasteiger partial charge in [0, 0.05) is 11.6 Å². The lowest BCUT2D eigenvalue weighted by Gasteiger charge is -2.21. The first kappa shape index (κ1) is 13.1. The number of nitroso groups, excluding NO2 is 1. The molecule has 0 saturated carbocycles. The second-order valence-corrected chi connectivity index (χ2v) is 4.78. The number of rotatable bonds is 5. The van der Waals surface area contributed by atoms with Crippen molar-refractivity contribution < 1.29 is 0 Å². The van der Waals surface area contributed by atoms with Crippen molar-refractivity contribution in [3.8, 4) is 0 Å². The molecule has 0 aliphatic carbocycles. The Morgan fingerprint density at radius 1 is 1.31 bits per heavy atom. The standard InChI is InChI=1S/C12H17ClN2O/c1-9(8-15(2)3)12(14-16)10-4-6-11(13)7-5-10/h4-7,9,12H,8H2,1-3H3. The first-order valence-corrected chi connectivity index (χ1v) is 5.65. The van der Waals surface area contributed by atoms with Crippen LogP contribution in [0.1, 0.15) is 18.5 Å². The van der Waals surface area contributed by atoms with Gasteiger partial charge in [0.15, 0.2) is 0 Å². The van der Waals surface area contributed by atoms with Gasteiger partial charge in [-0.25, -0.2) is 0 Å². The number of nitrogens with zero attached hydrogens (tertiary/aromatic N) is 2. The topological polar surface area (TPSA) is 32.7 Å². The molecule has 0 aromatic heterocycles. The fourth-order valence-electron chi connectivity index (χ4n) is 1.83. The summed E-state index contributed by atoms with van der Waals surface area (Å²) in [5.41, 5.74) is 0.925. The van der Waals surface area contributed by atoms with Crippen molar-refractivity contribution in [1.82, 2.24) is 4.90 Å². The van der Waals surface area contributed by atoms with Crippen molar-refractivity contribution in [2.45, 2.75) is 13.0 Å². The summed E-state index contributed by atoms with van der Waals surface area (Å²) in [4.78, 5) is 13.0. The molecule has 0 spiro atoms. The third kappa shape index (κ3) is 3.58. The van der Waals surface area contributed by atoms with Gasteiger partial charge in [-0.2, -0.15) is 4.91 Å². The van der Waals surface area contributed by atoms with E-state index < -0.39 is 0 Å². The molecule has 88 valence electrons. The van der Waals surface area contributed by atoms with E-state index in [0.717, 1.165) is 12.1 Å². The third-order valence-corrected chi connectivity index (χ3v) is 2.77. The number of hydrogen-bond donors (Lipinski definition) is 0. The monoisotopic (exact) mass is 240 g/mol. The molecule has 0 amide bonds. The summed E-state index contributed by atoms with van der Waals surface area (Å²) in [6.07, 6.45) is 0. The zero-order valence-corrected chi connectivity index (χ0v) is 10.6. The van der Waals surface area contributed by atoms with Crippen molar-refractivity contribution in [3.05, 3.63) is 39.8 Å². The highest BCUT2D eigenvalue weighted by molar-refractivity contribution is 6.30. The van der Waals surface area contributed by atoms with E-state index in [1.165, 1.54) is 0 Å². The average Bonchev–Trinajstić information content (AvgIpc) is 2.21. The van der Waals surface area contributed by atoms with Crippen molar-refractivity contribution in [2.75, 3.05) is 20.6 Å². The molecule has 0 heterocycles. The average molecular weight is 241 g/mol. The minimum absolute atomic E-state index is 0.189. The van der Waals surface area contributed by atoms with Crippen LogP contribution >= 0.6 is 11.6 Å². The van der Waals surface area contributed by atoms with E-state index in [-0.39, 0.29) is 12.0 Å². The van der Waals surface area contributed by atoms with Crippen LogP contribution in [0.15, 0.2) is 29.4 Å². The molecule has 16 heavy (non-hydrogen) atoms. The minimum atomic E-state index is -0.306. The van der Waals surface area contributed by atoms with Gasteiger partial charge in [0.1, 0.15) is 6.04 Å². The van der Waals surface area contributed by atoms with Gasteiger partial charge >= 0.3 is 0 Å². The Labute approximate surface area is 101 Å². The molecule has 2 atom stereocenters. The lowest BCUT2D eigenvalue weighted by atomic mass is 9.95. The lowest BCUT2D eigenvalue weighted by Crippen LogP contribution is -2.23. The molecule has 0 bridgehead atoms. The first-order valence-electron chi connectivity index (χ1n) is 5.27. The molecular formula is C12H17ClN2O. The Bertz CT molecular complexity index is 337. The van der Waals surface area contributed by atoms with E-state index in [0.29, 0.717) is 5.02 Å². The molecule has 2 unspecified atom stereocenters. The van der Waals surface area contributed by atoms with E-state index in [2.05, 4.69) is 10.1 Å². The lowest BCUT2D eigenvalue weighted by molar-refractivity contribution is 0.308. The van der Waals surface area contributed by atoms with Gasteiger partial charge in [-0.1, -0.05) is 35.8 Å². The summed E-state index contributed by atoms with van der Waals surface area (Å²) in [5.74, 6) is 0.189. The molecule has 1 rings (SSSR count). The van der Waals surface area contributed by atoms with Crippen LogP contribution in [0.2, 0.25) is 5.02 Å². The van der Waals surface area contributed by atoms with Gasteiger partial charge < -0.3 is 4.90 Å². The van der Waals surface area contributed by atoms with Crippen LogP contribution in [-0.4, -0.2) is 25.5 Å². The Kier molecular flexibility index (Phi) is 4.90.